The Morgan fingerprint density at radius 1 is 1.43 bits per heavy atom. The minimum absolute atomic E-state index is 0.0378. The van der Waals surface area contributed by atoms with E-state index in [0.29, 0.717) is 0 Å². The number of benzene rings is 1. The van der Waals surface area contributed by atoms with Crippen LogP contribution in [0.1, 0.15) is 25.5 Å². The molecule has 1 atom stereocenters. The first-order valence-corrected chi connectivity index (χ1v) is 8.15. The average Bonchev–Trinajstić information content (AvgIpc) is 2.51. The van der Waals surface area contributed by atoms with Crippen LogP contribution in [0.3, 0.4) is 0 Å². The van der Waals surface area contributed by atoms with Crippen molar-refractivity contribution in [3.05, 3.63) is 29.8 Å². The molecule has 118 valence electrons. The molecule has 0 aliphatic carbocycles. The molecule has 7 heteroatoms. The van der Waals surface area contributed by atoms with Gasteiger partial charge in [-0.1, -0.05) is 19.1 Å². The first kappa shape index (κ1) is 17.6. The maximum Gasteiger partial charge on any atom is 0.321 e. The molecular weight excluding hydrogens is 292 g/mol. The van der Waals surface area contributed by atoms with E-state index >= 15 is 0 Å². The predicted molar refractivity (Wildman–Crippen MR) is 80.4 cm³/mol. The third-order valence-corrected chi connectivity index (χ3v) is 5.23. The summed E-state index contributed by atoms with van der Waals surface area (Å²) in [6.45, 7) is 3.53. The number of hydrogen-bond acceptors (Lipinski definition) is 5. The van der Waals surface area contributed by atoms with Crippen molar-refractivity contribution >= 4 is 16.0 Å². The molecule has 1 N–H and O–H groups in total. The number of hydrogen-bond donors (Lipinski definition) is 1. The van der Waals surface area contributed by atoms with Crippen LogP contribution in [0.2, 0.25) is 0 Å². The Hall–Kier alpha value is -1.44. The summed E-state index contributed by atoms with van der Waals surface area (Å²) in [5.41, 5.74) is 0.868. The van der Waals surface area contributed by atoms with Crippen molar-refractivity contribution in [1.29, 1.82) is 0 Å². The highest BCUT2D eigenvalue weighted by atomic mass is 32.2. The second-order valence-electron chi connectivity index (χ2n) is 4.59. The number of carbonyl (C=O) groups excluding carboxylic acids is 1. The van der Waals surface area contributed by atoms with Gasteiger partial charge in [0.2, 0.25) is 10.0 Å². The predicted octanol–water partition coefficient (Wildman–Crippen LogP) is 1.15. The smallest absolute Gasteiger partial charge is 0.321 e. The number of esters is 1. The van der Waals surface area contributed by atoms with Crippen molar-refractivity contribution in [1.82, 2.24) is 9.62 Å². The average molecular weight is 314 g/mol. The van der Waals surface area contributed by atoms with Crippen LogP contribution in [-0.2, 0) is 19.6 Å². The summed E-state index contributed by atoms with van der Waals surface area (Å²) in [5.74, 6) is -0.583. The molecule has 21 heavy (non-hydrogen) atoms. The lowest BCUT2D eigenvalue weighted by atomic mass is 10.1. The van der Waals surface area contributed by atoms with Gasteiger partial charge in [0.15, 0.2) is 0 Å². The third-order valence-electron chi connectivity index (χ3n) is 3.31. The van der Waals surface area contributed by atoms with Crippen molar-refractivity contribution in [2.75, 3.05) is 27.2 Å². The molecule has 0 aliphatic heterocycles. The van der Waals surface area contributed by atoms with Crippen molar-refractivity contribution < 1.29 is 17.9 Å². The molecule has 0 saturated carbocycles. The number of ether oxygens (including phenoxy) is 1. The van der Waals surface area contributed by atoms with E-state index in [0.717, 1.165) is 9.87 Å². The van der Waals surface area contributed by atoms with E-state index in [1.807, 2.05) is 13.0 Å². The van der Waals surface area contributed by atoms with Gasteiger partial charge in [0.25, 0.3) is 0 Å². The summed E-state index contributed by atoms with van der Waals surface area (Å²) in [6, 6.07) is 6.74. The Labute approximate surface area is 126 Å². The van der Waals surface area contributed by atoms with Gasteiger partial charge in [-0.25, -0.2) is 8.42 Å². The molecule has 0 fully saturated rings. The van der Waals surface area contributed by atoms with Gasteiger partial charge in [-0.05, 0) is 31.7 Å². The van der Waals surface area contributed by atoms with Crippen molar-refractivity contribution in [2.45, 2.75) is 24.8 Å². The van der Waals surface area contributed by atoms with Crippen LogP contribution in [0, 0.1) is 0 Å². The summed E-state index contributed by atoms with van der Waals surface area (Å²) < 4.78 is 30.8. The molecule has 6 nitrogen and oxygen atoms in total. The highest BCUT2D eigenvalue weighted by molar-refractivity contribution is 7.89. The molecular formula is C14H22N2O4S. The number of likely N-dealkylation sites (N-methyl/N-ethyl adjacent to an activating group) is 1. The van der Waals surface area contributed by atoms with Gasteiger partial charge in [0, 0.05) is 12.6 Å². The van der Waals surface area contributed by atoms with Gasteiger partial charge >= 0.3 is 5.97 Å². The molecule has 0 amide bonds. The Morgan fingerprint density at radius 2 is 2.10 bits per heavy atom. The van der Waals surface area contributed by atoms with Gasteiger partial charge in [-0.15, -0.1) is 0 Å². The molecule has 1 rings (SSSR count). The maximum absolute atomic E-state index is 12.6. The molecule has 0 spiro atoms. The summed E-state index contributed by atoms with van der Waals surface area (Å²) in [4.78, 5) is 11.5. The highest BCUT2D eigenvalue weighted by Gasteiger charge is 2.26. The third kappa shape index (κ3) is 4.26. The summed E-state index contributed by atoms with van der Waals surface area (Å²) in [7, 11) is -0.675. The second kappa shape index (κ2) is 7.53. The fourth-order valence-electron chi connectivity index (χ4n) is 1.84. The van der Waals surface area contributed by atoms with Crippen molar-refractivity contribution in [2.24, 2.45) is 0 Å². The van der Waals surface area contributed by atoms with Gasteiger partial charge in [-0.3, -0.25) is 4.79 Å². The van der Waals surface area contributed by atoms with E-state index in [-0.39, 0.29) is 24.0 Å². The number of sulfonamides is 1. The normalized spacial score (nSPS) is 13.2. The molecule has 0 saturated heterocycles. The zero-order valence-electron chi connectivity index (χ0n) is 12.8. The number of nitrogens with zero attached hydrogens (tertiary/aromatic N) is 1. The molecule has 1 aromatic carbocycles. The van der Waals surface area contributed by atoms with Gasteiger partial charge in [-0.2, -0.15) is 4.31 Å². The molecule has 1 aromatic rings. The van der Waals surface area contributed by atoms with Crippen molar-refractivity contribution in [3.63, 3.8) is 0 Å². The molecule has 0 aliphatic rings. The molecule has 0 aromatic heterocycles. The number of methoxy groups -OCH3 is 1. The van der Waals surface area contributed by atoms with E-state index in [1.165, 1.54) is 13.2 Å². The van der Waals surface area contributed by atoms with Gasteiger partial charge < -0.3 is 10.1 Å². The lowest BCUT2D eigenvalue weighted by Gasteiger charge is -2.20. The lowest BCUT2D eigenvalue weighted by Crippen LogP contribution is -2.36. The Kier molecular flexibility index (Phi) is 6.32. The highest BCUT2D eigenvalue weighted by Crippen LogP contribution is 2.20. The quantitative estimate of drug-likeness (QED) is 0.764. The minimum Gasteiger partial charge on any atom is -0.468 e. The van der Waals surface area contributed by atoms with Crippen LogP contribution in [0.5, 0.6) is 0 Å². The van der Waals surface area contributed by atoms with Crippen LogP contribution in [0.15, 0.2) is 29.2 Å². The summed E-state index contributed by atoms with van der Waals surface area (Å²) >= 11 is 0. The molecule has 1 unspecified atom stereocenters. The summed E-state index contributed by atoms with van der Waals surface area (Å²) in [5, 5.41) is 3.06. The van der Waals surface area contributed by atoms with E-state index in [2.05, 4.69) is 10.1 Å². The topological polar surface area (TPSA) is 75.7 Å². The first-order valence-electron chi connectivity index (χ1n) is 6.71. The van der Waals surface area contributed by atoms with Gasteiger partial charge in [0.05, 0.1) is 12.0 Å². The molecule has 0 radical (unpaired) electrons. The van der Waals surface area contributed by atoms with Crippen molar-refractivity contribution in [3.8, 4) is 0 Å². The van der Waals surface area contributed by atoms with Crippen LogP contribution in [-0.4, -0.2) is 45.9 Å². The standard InChI is InChI=1S/C14H22N2O4S/c1-5-16(10-14(17)20-4)21(18,19)13-8-6-7-12(9-13)11(2)15-3/h6-9,11,15H,5,10H2,1-4H3. The fourth-order valence-corrected chi connectivity index (χ4v) is 3.28. The summed E-state index contributed by atoms with van der Waals surface area (Å²) in [6.07, 6.45) is 0. The molecule has 0 heterocycles. The molecule has 0 bridgehead atoms. The number of nitrogens with one attached hydrogen (secondary N) is 1. The van der Waals surface area contributed by atoms with E-state index in [4.69, 9.17) is 0 Å². The zero-order valence-corrected chi connectivity index (χ0v) is 13.6. The van der Waals surface area contributed by atoms with E-state index < -0.39 is 16.0 Å². The Bertz CT molecular complexity index is 586. The number of carbonyl (C=O) groups is 1. The van der Waals surface area contributed by atoms with Crippen LogP contribution in [0.25, 0.3) is 0 Å². The van der Waals surface area contributed by atoms with Crippen LogP contribution < -0.4 is 5.32 Å². The van der Waals surface area contributed by atoms with Crippen LogP contribution >= 0.6 is 0 Å². The largest absolute Gasteiger partial charge is 0.468 e. The Morgan fingerprint density at radius 3 is 2.62 bits per heavy atom. The van der Waals surface area contributed by atoms with E-state index in [1.54, 1.807) is 26.1 Å². The Balaban J connectivity index is 3.14. The monoisotopic (exact) mass is 314 g/mol. The van der Waals surface area contributed by atoms with Crippen LogP contribution in [0.4, 0.5) is 0 Å². The first-order chi connectivity index (χ1) is 9.86. The number of rotatable bonds is 7. The van der Waals surface area contributed by atoms with Gasteiger partial charge in [0.1, 0.15) is 6.54 Å². The zero-order chi connectivity index (χ0) is 16.0. The fraction of sp³-hybridized carbons (Fsp3) is 0.500. The second-order valence-corrected chi connectivity index (χ2v) is 6.53. The lowest BCUT2D eigenvalue weighted by molar-refractivity contribution is -0.140. The maximum atomic E-state index is 12.6. The minimum atomic E-state index is -3.72. The SMILES string of the molecule is CCN(CC(=O)OC)S(=O)(=O)c1cccc(C(C)NC)c1. The van der Waals surface area contributed by atoms with E-state index in [9.17, 15) is 13.2 Å².